The molecule has 25 heavy (non-hydrogen) atoms. The van der Waals surface area contributed by atoms with Crippen molar-refractivity contribution in [2.75, 3.05) is 13.2 Å². The molecule has 1 amide bonds. The molecule has 7 heteroatoms. The van der Waals surface area contributed by atoms with Gasteiger partial charge in [0.2, 0.25) is 0 Å². The molecule has 0 saturated carbocycles. The molecular weight excluding hydrogens is 340 g/mol. The predicted molar refractivity (Wildman–Crippen MR) is 98.4 cm³/mol. The van der Waals surface area contributed by atoms with E-state index in [9.17, 15) is 9.35 Å². The lowest BCUT2D eigenvalue weighted by molar-refractivity contribution is 0.0199. The molecule has 1 heterocycles. The maximum absolute atomic E-state index is 12.5. The summed E-state index contributed by atoms with van der Waals surface area (Å²) in [6, 6.07) is 9.18. The molecule has 0 aromatic heterocycles. The Kier molecular flexibility index (Phi) is 6.73. The van der Waals surface area contributed by atoms with E-state index < -0.39 is 23.0 Å². The molecular formula is C18H28N2O4S. The summed E-state index contributed by atoms with van der Waals surface area (Å²) < 4.78 is 26.1. The third kappa shape index (κ3) is 5.88. The van der Waals surface area contributed by atoms with Crippen LogP contribution in [0.4, 0.5) is 4.79 Å². The second-order valence-corrected chi connectivity index (χ2v) is 9.45. The summed E-state index contributed by atoms with van der Waals surface area (Å²) in [5.74, 6) is 0. The van der Waals surface area contributed by atoms with Gasteiger partial charge in [-0.1, -0.05) is 30.3 Å². The van der Waals surface area contributed by atoms with E-state index in [1.54, 1.807) is 0 Å². The topological polar surface area (TPSA) is 82.6 Å². The molecule has 3 atom stereocenters. The van der Waals surface area contributed by atoms with Gasteiger partial charge in [-0.3, -0.25) is 0 Å². The molecule has 1 aliphatic rings. The van der Waals surface area contributed by atoms with Crippen molar-refractivity contribution in [2.45, 2.75) is 57.1 Å². The number of alkyl carbamates (subject to hydrolysis) is 1. The van der Waals surface area contributed by atoms with Gasteiger partial charge in [0.25, 0.3) is 0 Å². The quantitative estimate of drug-likeness (QED) is 0.781. The Bertz CT molecular complexity index is 564. The first-order chi connectivity index (χ1) is 11.7. The van der Waals surface area contributed by atoms with Gasteiger partial charge < -0.3 is 19.3 Å². The molecule has 1 saturated heterocycles. The summed E-state index contributed by atoms with van der Waals surface area (Å²) in [7, 11) is 0. The van der Waals surface area contributed by atoms with Gasteiger partial charge in [0.05, 0.1) is 18.2 Å². The van der Waals surface area contributed by atoms with Gasteiger partial charge in [-0.2, -0.15) is 0 Å². The molecule has 1 fully saturated rings. The van der Waals surface area contributed by atoms with E-state index in [-0.39, 0.29) is 17.4 Å². The van der Waals surface area contributed by atoms with E-state index in [1.807, 2.05) is 58.0 Å². The fourth-order valence-electron chi connectivity index (χ4n) is 2.44. The van der Waals surface area contributed by atoms with E-state index in [0.717, 1.165) is 5.56 Å². The van der Waals surface area contributed by atoms with E-state index in [0.29, 0.717) is 19.6 Å². The van der Waals surface area contributed by atoms with Crippen molar-refractivity contribution < 1.29 is 18.8 Å². The monoisotopic (exact) mass is 368 g/mol. The van der Waals surface area contributed by atoms with E-state index >= 15 is 0 Å². The Hall–Kier alpha value is -1.28. The lowest BCUT2D eigenvalue weighted by Crippen LogP contribution is -2.66. The highest BCUT2D eigenvalue weighted by atomic mass is 32.2. The highest BCUT2D eigenvalue weighted by molar-refractivity contribution is 7.90. The van der Waals surface area contributed by atoms with Crippen LogP contribution < -0.4 is 10.0 Å². The number of carbonyl (C=O) groups excluding carboxylic acids is 1. The Labute approximate surface area is 153 Å². The van der Waals surface area contributed by atoms with Crippen LogP contribution >= 0.6 is 0 Å². The minimum absolute atomic E-state index is 0.207. The highest BCUT2D eigenvalue weighted by Gasteiger charge is 2.44. The van der Waals surface area contributed by atoms with Crippen molar-refractivity contribution in [3.63, 3.8) is 0 Å². The average Bonchev–Trinajstić information content (AvgIpc) is 2.55. The average molecular weight is 368 g/mol. The Balaban J connectivity index is 1.94. The summed E-state index contributed by atoms with van der Waals surface area (Å²) in [6.45, 7) is 8.81. The van der Waals surface area contributed by atoms with Crippen LogP contribution in [0.1, 0.15) is 39.7 Å². The van der Waals surface area contributed by atoms with Gasteiger partial charge >= 0.3 is 6.09 Å². The zero-order valence-corrected chi connectivity index (χ0v) is 16.2. The van der Waals surface area contributed by atoms with Crippen LogP contribution in [0.5, 0.6) is 0 Å². The molecule has 6 nitrogen and oxygen atoms in total. The molecule has 0 bridgehead atoms. The second kappa shape index (κ2) is 8.40. The maximum Gasteiger partial charge on any atom is 0.407 e. The number of hydrogen-bond acceptors (Lipinski definition) is 5. The van der Waals surface area contributed by atoms with Crippen molar-refractivity contribution in [3.05, 3.63) is 35.9 Å². The SMILES string of the molecule is CC(C)(C)[S@@+]([O-])N[C@]1(C)CCOC[C@@H]1NC(=O)OCc1ccccc1. The number of ether oxygens (including phenoxy) is 2. The third-order valence-electron chi connectivity index (χ3n) is 4.21. The van der Waals surface area contributed by atoms with Gasteiger partial charge in [0.1, 0.15) is 11.4 Å². The van der Waals surface area contributed by atoms with Gasteiger partial charge in [-0.15, -0.1) is 4.72 Å². The highest BCUT2D eigenvalue weighted by Crippen LogP contribution is 2.25. The van der Waals surface area contributed by atoms with Gasteiger partial charge in [-0.05, 0) is 39.7 Å². The predicted octanol–water partition coefficient (Wildman–Crippen LogP) is 2.51. The zero-order valence-electron chi connectivity index (χ0n) is 15.3. The smallest absolute Gasteiger partial charge is 0.407 e. The van der Waals surface area contributed by atoms with E-state index in [1.165, 1.54) is 0 Å². The fourth-order valence-corrected chi connectivity index (χ4v) is 3.41. The van der Waals surface area contributed by atoms with E-state index in [2.05, 4.69) is 10.0 Å². The van der Waals surface area contributed by atoms with Crippen LogP contribution in [0.25, 0.3) is 0 Å². The number of benzene rings is 1. The number of amides is 1. The molecule has 2 rings (SSSR count). The summed E-state index contributed by atoms with van der Waals surface area (Å²) in [5.41, 5.74) is 0.398. The van der Waals surface area contributed by atoms with Crippen LogP contribution in [-0.4, -0.2) is 40.2 Å². The van der Waals surface area contributed by atoms with E-state index in [4.69, 9.17) is 9.47 Å². The minimum Gasteiger partial charge on any atom is -0.598 e. The largest absolute Gasteiger partial charge is 0.598 e. The Morgan fingerprint density at radius 3 is 2.72 bits per heavy atom. The molecule has 0 radical (unpaired) electrons. The van der Waals surface area contributed by atoms with Crippen molar-refractivity contribution in [1.82, 2.24) is 10.0 Å². The summed E-state index contributed by atoms with van der Waals surface area (Å²) in [5, 5.41) is 2.85. The first kappa shape index (κ1) is 20.0. The summed E-state index contributed by atoms with van der Waals surface area (Å²) in [6.07, 6.45) is 0.146. The molecule has 140 valence electrons. The summed E-state index contributed by atoms with van der Waals surface area (Å²) in [4.78, 5) is 12.2. The first-order valence-electron chi connectivity index (χ1n) is 8.45. The Morgan fingerprint density at radius 2 is 2.08 bits per heavy atom. The van der Waals surface area contributed by atoms with Crippen molar-refractivity contribution in [2.24, 2.45) is 0 Å². The Morgan fingerprint density at radius 1 is 1.40 bits per heavy atom. The third-order valence-corrected chi connectivity index (χ3v) is 5.97. The van der Waals surface area contributed by atoms with Crippen molar-refractivity contribution in [1.29, 1.82) is 0 Å². The van der Waals surface area contributed by atoms with Crippen molar-refractivity contribution in [3.8, 4) is 0 Å². The lowest BCUT2D eigenvalue weighted by Gasteiger charge is -2.42. The second-order valence-electron chi connectivity index (χ2n) is 7.48. The molecule has 0 unspecified atom stereocenters. The number of rotatable bonds is 5. The standard InChI is InChI=1S/C18H28N2O4S/c1-17(2,3)25(22)20-18(4)10-11-23-13-15(18)19-16(21)24-12-14-8-6-5-7-9-14/h5-9,15,20H,10-13H2,1-4H3,(H,19,21)/t15-,18+,25+/m0/s1. The van der Waals surface area contributed by atoms with Crippen LogP contribution in [0.3, 0.4) is 0 Å². The minimum atomic E-state index is -1.24. The van der Waals surface area contributed by atoms with Crippen LogP contribution in [-0.2, 0) is 27.4 Å². The normalized spacial score (nSPS) is 25.2. The molecule has 1 aromatic carbocycles. The van der Waals surface area contributed by atoms with Gasteiger partial charge in [-0.25, -0.2) is 4.79 Å². The van der Waals surface area contributed by atoms with Crippen LogP contribution in [0.2, 0.25) is 0 Å². The van der Waals surface area contributed by atoms with Crippen LogP contribution in [0.15, 0.2) is 30.3 Å². The van der Waals surface area contributed by atoms with Crippen molar-refractivity contribution >= 4 is 17.5 Å². The van der Waals surface area contributed by atoms with Gasteiger partial charge in [0.15, 0.2) is 0 Å². The molecule has 2 N–H and O–H groups in total. The zero-order chi connectivity index (χ0) is 18.5. The number of nitrogens with one attached hydrogen (secondary N) is 2. The molecule has 0 spiro atoms. The molecule has 0 aliphatic carbocycles. The number of hydrogen-bond donors (Lipinski definition) is 2. The fraction of sp³-hybridized carbons (Fsp3) is 0.611. The maximum atomic E-state index is 12.5. The molecule has 1 aliphatic heterocycles. The molecule has 1 aromatic rings. The van der Waals surface area contributed by atoms with Crippen LogP contribution in [0, 0.1) is 0 Å². The van der Waals surface area contributed by atoms with Gasteiger partial charge in [0, 0.05) is 18.0 Å². The summed E-state index contributed by atoms with van der Waals surface area (Å²) >= 11 is -1.24. The first-order valence-corrected chi connectivity index (χ1v) is 9.60. The lowest BCUT2D eigenvalue weighted by atomic mass is 9.89. The number of carbonyl (C=O) groups is 1.